The Bertz CT molecular complexity index is 422. The number of imidazole rings is 1. The molecule has 1 aromatic carbocycles. The van der Waals surface area contributed by atoms with Crippen molar-refractivity contribution in [2.45, 2.75) is 32.4 Å². The molecule has 0 saturated heterocycles. The number of nitrogens with one attached hydrogen (secondary N) is 1. The summed E-state index contributed by atoms with van der Waals surface area (Å²) in [6.45, 7) is 4.16. The van der Waals surface area contributed by atoms with Crippen molar-refractivity contribution in [1.82, 2.24) is 14.9 Å². The van der Waals surface area contributed by atoms with Crippen LogP contribution >= 0.6 is 0 Å². The van der Waals surface area contributed by atoms with E-state index in [0.29, 0.717) is 6.04 Å². The standard InChI is InChI=1S/C15H21N3/c1-2-6-15(14-7-4-3-5-8-14)17-10-12-18-11-9-16-13-18/h3-5,7-9,11,13,15,17H,2,6,10,12H2,1H3. The van der Waals surface area contributed by atoms with Gasteiger partial charge in [-0.2, -0.15) is 0 Å². The van der Waals surface area contributed by atoms with E-state index in [1.165, 1.54) is 18.4 Å². The maximum atomic E-state index is 4.05. The van der Waals surface area contributed by atoms with Gasteiger partial charge in [0.1, 0.15) is 0 Å². The minimum atomic E-state index is 0.458. The van der Waals surface area contributed by atoms with Crippen molar-refractivity contribution in [3.8, 4) is 0 Å². The summed E-state index contributed by atoms with van der Waals surface area (Å²) in [6.07, 6.45) is 8.05. The molecule has 2 rings (SSSR count). The second-order valence-electron chi connectivity index (χ2n) is 4.51. The highest BCUT2D eigenvalue weighted by atomic mass is 15.0. The normalized spacial score (nSPS) is 12.5. The monoisotopic (exact) mass is 243 g/mol. The van der Waals surface area contributed by atoms with Crippen LogP contribution in [0, 0.1) is 0 Å². The number of hydrogen-bond acceptors (Lipinski definition) is 2. The van der Waals surface area contributed by atoms with Crippen LogP contribution in [-0.2, 0) is 6.54 Å². The summed E-state index contributed by atoms with van der Waals surface area (Å²) in [6, 6.07) is 11.1. The number of aromatic nitrogens is 2. The molecule has 0 amide bonds. The van der Waals surface area contributed by atoms with Crippen LogP contribution in [0.5, 0.6) is 0 Å². The SMILES string of the molecule is CCCC(NCCn1ccnc1)c1ccccc1. The molecule has 0 aliphatic rings. The number of nitrogens with zero attached hydrogens (tertiary/aromatic N) is 2. The zero-order valence-electron chi connectivity index (χ0n) is 10.9. The van der Waals surface area contributed by atoms with Crippen molar-refractivity contribution in [3.05, 3.63) is 54.6 Å². The van der Waals surface area contributed by atoms with Crippen molar-refractivity contribution in [1.29, 1.82) is 0 Å². The molecule has 0 fully saturated rings. The predicted molar refractivity (Wildman–Crippen MR) is 74.3 cm³/mol. The van der Waals surface area contributed by atoms with Crippen molar-refractivity contribution < 1.29 is 0 Å². The van der Waals surface area contributed by atoms with Crippen molar-refractivity contribution in [3.63, 3.8) is 0 Å². The largest absolute Gasteiger partial charge is 0.336 e. The average molecular weight is 243 g/mol. The van der Waals surface area contributed by atoms with E-state index in [1.54, 1.807) is 0 Å². The lowest BCUT2D eigenvalue weighted by Crippen LogP contribution is -2.25. The molecule has 0 saturated carbocycles. The van der Waals surface area contributed by atoms with E-state index in [0.717, 1.165) is 13.1 Å². The Morgan fingerprint density at radius 1 is 1.28 bits per heavy atom. The molecule has 0 spiro atoms. The highest BCUT2D eigenvalue weighted by Crippen LogP contribution is 2.17. The summed E-state index contributed by atoms with van der Waals surface area (Å²) in [5, 5.41) is 3.63. The first kappa shape index (κ1) is 12.8. The van der Waals surface area contributed by atoms with Crippen LogP contribution in [0.4, 0.5) is 0 Å². The maximum absolute atomic E-state index is 4.05. The maximum Gasteiger partial charge on any atom is 0.0946 e. The molecule has 0 bridgehead atoms. The van der Waals surface area contributed by atoms with Crippen LogP contribution in [-0.4, -0.2) is 16.1 Å². The van der Waals surface area contributed by atoms with E-state index in [2.05, 4.69) is 52.1 Å². The Morgan fingerprint density at radius 2 is 2.11 bits per heavy atom. The lowest BCUT2D eigenvalue weighted by Gasteiger charge is -2.18. The number of benzene rings is 1. The summed E-state index contributed by atoms with van der Waals surface area (Å²) < 4.78 is 2.10. The van der Waals surface area contributed by atoms with Gasteiger partial charge in [-0.15, -0.1) is 0 Å². The first-order chi connectivity index (χ1) is 8.90. The molecule has 1 atom stereocenters. The Morgan fingerprint density at radius 3 is 2.78 bits per heavy atom. The minimum absolute atomic E-state index is 0.458. The van der Waals surface area contributed by atoms with Gasteiger partial charge in [-0.25, -0.2) is 4.98 Å². The van der Waals surface area contributed by atoms with E-state index in [1.807, 2.05) is 18.7 Å². The molecule has 18 heavy (non-hydrogen) atoms. The van der Waals surface area contributed by atoms with Gasteiger partial charge in [0.2, 0.25) is 0 Å². The topological polar surface area (TPSA) is 29.9 Å². The molecule has 96 valence electrons. The molecule has 1 unspecified atom stereocenters. The third-order valence-electron chi connectivity index (χ3n) is 3.10. The van der Waals surface area contributed by atoms with E-state index in [-0.39, 0.29) is 0 Å². The van der Waals surface area contributed by atoms with Crippen LogP contribution in [0.3, 0.4) is 0 Å². The zero-order valence-corrected chi connectivity index (χ0v) is 10.9. The van der Waals surface area contributed by atoms with Gasteiger partial charge < -0.3 is 9.88 Å². The smallest absolute Gasteiger partial charge is 0.0946 e. The third-order valence-corrected chi connectivity index (χ3v) is 3.10. The van der Waals surface area contributed by atoms with E-state index >= 15 is 0 Å². The molecular formula is C15H21N3. The van der Waals surface area contributed by atoms with Gasteiger partial charge in [-0.05, 0) is 12.0 Å². The van der Waals surface area contributed by atoms with Crippen LogP contribution < -0.4 is 5.32 Å². The summed E-state index contributed by atoms with van der Waals surface area (Å²) in [5.41, 5.74) is 1.38. The van der Waals surface area contributed by atoms with Crippen molar-refractivity contribution >= 4 is 0 Å². The van der Waals surface area contributed by atoms with Gasteiger partial charge in [0.05, 0.1) is 6.33 Å². The highest BCUT2D eigenvalue weighted by Gasteiger charge is 2.08. The lowest BCUT2D eigenvalue weighted by atomic mass is 10.0. The van der Waals surface area contributed by atoms with Crippen LogP contribution in [0.2, 0.25) is 0 Å². The Balaban J connectivity index is 1.87. The Labute approximate surface area is 109 Å². The van der Waals surface area contributed by atoms with E-state index in [4.69, 9.17) is 0 Å². The molecule has 0 radical (unpaired) electrons. The van der Waals surface area contributed by atoms with Crippen LogP contribution in [0.15, 0.2) is 49.1 Å². The van der Waals surface area contributed by atoms with Gasteiger partial charge in [0, 0.05) is 31.5 Å². The zero-order chi connectivity index (χ0) is 12.6. The Kier molecular flexibility index (Phi) is 4.97. The third kappa shape index (κ3) is 3.70. The molecule has 3 nitrogen and oxygen atoms in total. The molecule has 1 N–H and O–H groups in total. The molecule has 2 aromatic rings. The van der Waals surface area contributed by atoms with Gasteiger partial charge in [0.15, 0.2) is 0 Å². The summed E-state index contributed by atoms with van der Waals surface area (Å²) in [7, 11) is 0. The van der Waals surface area contributed by atoms with Gasteiger partial charge in [-0.1, -0.05) is 43.7 Å². The van der Waals surface area contributed by atoms with Crippen molar-refractivity contribution in [2.75, 3.05) is 6.54 Å². The average Bonchev–Trinajstić information content (AvgIpc) is 2.92. The first-order valence-electron chi connectivity index (χ1n) is 6.64. The fourth-order valence-electron chi connectivity index (χ4n) is 2.15. The highest BCUT2D eigenvalue weighted by molar-refractivity contribution is 5.18. The second-order valence-corrected chi connectivity index (χ2v) is 4.51. The second kappa shape index (κ2) is 6.97. The van der Waals surface area contributed by atoms with E-state index < -0.39 is 0 Å². The summed E-state index contributed by atoms with van der Waals surface area (Å²) in [4.78, 5) is 4.05. The van der Waals surface area contributed by atoms with Gasteiger partial charge in [0.25, 0.3) is 0 Å². The fourth-order valence-corrected chi connectivity index (χ4v) is 2.15. The van der Waals surface area contributed by atoms with Crippen LogP contribution in [0.1, 0.15) is 31.4 Å². The summed E-state index contributed by atoms with van der Waals surface area (Å²) >= 11 is 0. The number of rotatable bonds is 7. The molecule has 0 aliphatic carbocycles. The molecule has 0 aliphatic heterocycles. The molecule has 3 heteroatoms. The molecular weight excluding hydrogens is 222 g/mol. The van der Waals surface area contributed by atoms with Crippen LogP contribution in [0.25, 0.3) is 0 Å². The van der Waals surface area contributed by atoms with Crippen molar-refractivity contribution in [2.24, 2.45) is 0 Å². The molecule has 1 heterocycles. The lowest BCUT2D eigenvalue weighted by molar-refractivity contribution is 0.473. The quantitative estimate of drug-likeness (QED) is 0.810. The summed E-state index contributed by atoms with van der Waals surface area (Å²) in [5.74, 6) is 0. The fraction of sp³-hybridized carbons (Fsp3) is 0.400. The van der Waals surface area contributed by atoms with Gasteiger partial charge in [-0.3, -0.25) is 0 Å². The minimum Gasteiger partial charge on any atom is -0.336 e. The molecule has 1 aromatic heterocycles. The predicted octanol–water partition coefficient (Wildman–Crippen LogP) is 3.01. The van der Waals surface area contributed by atoms with Gasteiger partial charge >= 0.3 is 0 Å². The first-order valence-corrected chi connectivity index (χ1v) is 6.64. The number of hydrogen-bond donors (Lipinski definition) is 1. The van der Waals surface area contributed by atoms with E-state index in [9.17, 15) is 0 Å². The Hall–Kier alpha value is -1.61.